The summed E-state index contributed by atoms with van der Waals surface area (Å²) in [6.45, 7) is 3.87. The van der Waals surface area contributed by atoms with Gasteiger partial charge in [0, 0.05) is 15.5 Å². The van der Waals surface area contributed by atoms with E-state index in [9.17, 15) is 9.59 Å². The van der Waals surface area contributed by atoms with Gasteiger partial charge in [0.2, 0.25) is 0 Å². The predicted molar refractivity (Wildman–Crippen MR) is 116 cm³/mol. The quantitative estimate of drug-likeness (QED) is 0.502. The fourth-order valence-electron chi connectivity index (χ4n) is 3.00. The summed E-state index contributed by atoms with van der Waals surface area (Å²) in [5.41, 5.74) is 2.26. The average molecular weight is 430 g/mol. The summed E-state index contributed by atoms with van der Waals surface area (Å²) in [5, 5.41) is 3.89. The molecule has 1 heterocycles. The number of methoxy groups -OCH3 is 1. The number of amides is 1. The van der Waals surface area contributed by atoms with E-state index in [1.54, 1.807) is 43.3 Å². The van der Waals surface area contributed by atoms with E-state index in [4.69, 9.17) is 21.1 Å². The number of benzene rings is 2. The van der Waals surface area contributed by atoms with Gasteiger partial charge < -0.3 is 14.8 Å². The van der Waals surface area contributed by atoms with E-state index in [-0.39, 0.29) is 12.5 Å². The minimum atomic E-state index is -0.489. The molecule has 29 heavy (non-hydrogen) atoms. The first kappa shape index (κ1) is 20.9. The predicted octanol–water partition coefficient (Wildman–Crippen LogP) is 5.81. The second-order valence-corrected chi connectivity index (χ2v) is 7.78. The molecule has 0 aliphatic heterocycles. The van der Waals surface area contributed by atoms with E-state index in [2.05, 4.69) is 5.32 Å². The molecule has 3 aromatic rings. The van der Waals surface area contributed by atoms with E-state index >= 15 is 0 Å². The molecule has 0 saturated heterocycles. The Balaban J connectivity index is 2.06. The molecule has 0 unspecified atom stereocenters. The molecule has 1 amide bonds. The first-order valence-corrected chi connectivity index (χ1v) is 10.2. The molecule has 1 N–H and O–H groups in total. The number of anilines is 1. The zero-order chi connectivity index (χ0) is 21.0. The van der Waals surface area contributed by atoms with E-state index in [0.29, 0.717) is 26.9 Å². The summed E-state index contributed by atoms with van der Waals surface area (Å²) >= 11 is 7.33. The van der Waals surface area contributed by atoms with Gasteiger partial charge in [-0.3, -0.25) is 4.79 Å². The van der Waals surface area contributed by atoms with Crippen LogP contribution in [0, 0.1) is 6.92 Å². The summed E-state index contributed by atoms with van der Waals surface area (Å²) in [5.74, 6) is -0.400. The normalized spacial score (nSPS) is 10.5. The van der Waals surface area contributed by atoms with Crippen molar-refractivity contribution in [3.63, 3.8) is 0 Å². The third kappa shape index (κ3) is 4.44. The van der Waals surface area contributed by atoms with Crippen LogP contribution in [0.5, 0.6) is 5.75 Å². The molecule has 0 aliphatic carbocycles. The van der Waals surface area contributed by atoms with Crippen LogP contribution in [0.4, 0.5) is 5.00 Å². The Morgan fingerprint density at radius 2 is 1.79 bits per heavy atom. The zero-order valence-electron chi connectivity index (χ0n) is 16.2. The molecule has 0 aliphatic rings. The van der Waals surface area contributed by atoms with Gasteiger partial charge in [-0.15, -0.1) is 11.3 Å². The second kappa shape index (κ2) is 9.11. The Hall–Kier alpha value is -2.83. The van der Waals surface area contributed by atoms with Crippen molar-refractivity contribution in [1.29, 1.82) is 0 Å². The van der Waals surface area contributed by atoms with Gasteiger partial charge in [-0.05, 0) is 43.7 Å². The number of rotatable bonds is 6. The number of carbonyl (C=O) groups is 2. The Morgan fingerprint density at radius 3 is 2.45 bits per heavy atom. The van der Waals surface area contributed by atoms with E-state index in [1.807, 2.05) is 19.1 Å². The number of hydrogen-bond donors (Lipinski definition) is 1. The summed E-state index contributed by atoms with van der Waals surface area (Å²) in [4.78, 5) is 26.5. The topological polar surface area (TPSA) is 64.6 Å². The fourth-order valence-corrected chi connectivity index (χ4v) is 4.18. The SMILES string of the molecule is CCOC(=O)c1c(NC(=O)c2ccccc2OC)sc(C)c1-c1ccc(Cl)cc1. The highest BCUT2D eigenvalue weighted by Crippen LogP contribution is 2.41. The second-order valence-electron chi connectivity index (χ2n) is 6.12. The molecule has 0 atom stereocenters. The van der Waals surface area contributed by atoms with Crippen molar-refractivity contribution in [1.82, 2.24) is 0 Å². The molecule has 0 fully saturated rings. The van der Waals surface area contributed by atoms with Gasteiger partial charge in [-0.25, -0.2) is 4.79 Å². The van der Waals surface area contributed by atoms with Crippen molar-refractivity contribution >= 4 is 39.8 Å². The molecule has 7 heteroatoms. The Morgan fingerprint density at radius 1 is 1.10 bits per heavy atom. The number of thiophene rings is 1. The largest absolute Gasteiger partial charge is 0.496 e. The van der Waals surface area contributed by atoms with Crippen LogP contribution in [0.25, 0.3) is 11.1 Å². The average Bonchev–Trinajstić information content (AvgIpc) is 3.04. The number of carbonyl (C=O) groups excluding carboxylic acids is 2. The molecule has 0 bridgehead atoms. The lowest BCUT2D eigenvalue weighted by Gasteiger charge is -2.11. The third-order valence-corrected chi connectivity index (χ3v) is 5.55. The molecule has 1 aromatic heterocycles. The lowest BCUT2D eigenvalue weighted by atomic mass is 10.0. The van der Waals surface area contributed by atoms with Gasteiger partial charge in [-0.1, -0.05) is 35.9 Å². The van der Waals surface area contributed by atoms with Crippen molar-refractivity contribution in [3.8, 4) is 16.9 Å². The van der Waals surface area contributed by atoms with Crippen molar-refractivity contribution in [2.45, 2.75) is 13.8 Å². The highest BCUT2D eigenvalue weighted by molar-refractivity contribution is 7.17. The van der Waals surface area contributed by atoms with Crippen LogP contribution in [0.15, 0.2) is 48.5 Å². The zero-order valence-corrected chi connectivity index (χ0v) is 17.8. The van der Waals surface area contributed by atoms with E-state index in [0.717, 1.165) is 16.0 Å². The van der Waals surface area contributed by atoms with Crippen molar-refractivity contribution in [2.24, 2.45) is 0 Å². The Bertz CT molecular complexity index is 1040. The molecule has 5 nitrogen and oxygen atoms in total. The highest BCUT2D eigenvalue weighted by atomic mass is 35.5. The number of para-hydroxylation sites is 1. The van der Waals surface area contributed by atoms with Crippen LogP contribution in [0.3, 0.4) is 0 Å². The molecule has 3 rings (SSSR count). The molecule has 150 valence electrons. The van der Waals surface area contributed by atoms with Gasteiger partial charge in [0.25, 0.3) is 5.91 Å². The van der Waals surface area contributed by atoms with Crippen LogP contribution in [-0.4, -0.2) is 25.6 Å². The number of aryl methyl sites for hydroxylation is 1. The van der Waals surface area contributed by atoms with Crippen molar-refractivity contribution < 1.29 is 19.1 Å². The van der Waals surface area contributed by atoms with Gasteiger partial charge in [-0.2, -0.15) is 0 Å². The number of ether oxygens (including phenoxy) is 2. The maximum atomic E-state index is 12.9. The summed E-state index contributed by atoms with van der Waals surface area (Å²) < 4.78 is 10.5. The lowest BCUT2D eigenvalue weighted by molar-refractivity contribution is 0.0529. The van der Waals surface area contributed by atoms with Crippen LogP contribution in [-0.2, 0) is 4.74 Å². The van der Waals surface area contributed by atoms with E-state index in [1.165, 1.54) is 18.4 Å². The minimum Gasteiger partial charge on any atom is -0.496 e. The Kier molecular flexibility index (Phi) is 6.56. The van der Waals surface area contributed by atoms with Crippen LogP contribution in [0.2, 0.25) is 5.02 Å². The van der Waals surface area contributed by atoms with Gasteiger partial charge >= 0.3 is 5.97 Å². The van der Waals surface area contributed by atoms with Gasteiger partial charge in [0.15, 0.2) is 0 Å². The lowest BCUT2D eigenvalue weighted by Crippen LogP contribution is -2.15. The number of halogens is 1. The maximum absolute atomic E-state index is 12.9. The standard InChI is InChI=1S/C22H20ClNO4S/c1-4-28-22(26)19-18(14-9-11-15(23)12-10-14)13(2)29-21(19)24-20(25)16-7-5-6-8-17(16)27-3/h5-12H,4H2,1-3H3,(H,24,25). The summed E-state index contributed by atoms with van der Waals surface area (Å²) in [6, 6.07) is 14.1. The van der Waals surface area contributed by atoms with Crippen molar-refractivity contribution in [2.75, 3.05) is 19.0 Å². The maximum Gasteiger partial charge on any atom is 0.341 e. The Labute approximate surface area is 178 Å². The molecule has 0 spiro atoms. The van der Waals surface area contributed by atoms with Crippen LogP contribution >= 0.6 is 22.9 Å². The summed E-state index contributed by atoms with van der Waals surface area (Å²) in [6.07, 6.45) is 0. The monoisotopic (exact) mass is 429 g/mol. The first-order chi connectivity index (χ1) is 14.0. The van der Waals surface area contributed by atoms with Gasteiger partial charge in [0.1, 0.15) is 16.3 Å². The molecule has 2 aromatic carbocycles. The molecule has 0 saturated carbocycles. The third-order valence-electron chi connectivity index (χ3n) is 4.28. The molecular weight excluding hydrogens is 410 g/mol. The highest BCUT2D eigenvalue weighted by Gasteiger charge is 2.26. The van der Waals surface area contributed by atoms with Crippen LogP contribution < -0.4 is 10.1 Å². The minimum absolute atomic E-state index is 0.230. The summed E-state index contributed by atoms with van der Waals surface area (Å²) in [7, 11) is 1.50. The first-order valence-electron chi connectivity index (χ1n) is 8.97. The molecular formula is C22H20ClNO4S. The molecule has 0 radical (unpaired) electrons. The number of nitrogens with one attached hydrogen (secondary N) is 1. The van der Waals surface area contributed by atoms with Crippen molar-refractivity contribution in [3.05, 3.63) is 69.6 Å². The van der Waals surface area contributed by atoms with Gasteiger partial charge in [0.05, 0.1) is 19.3 Å². The number of hydrogen-bond acceptors (Lipinski definition) is 5. The smallest absolute Gasteiger partial charge is 0.341 e. The van der Waals surface area contributed by atoms with Crippen LogP contribution in [0.1, 0.15) is 32.5 Å². The van der Waals surface area contributed by atoms with E-state index < -0.39 is 5.97 Å². The fraction of sp³-hybridized carbons (Fsp3) is 0.182. The number of esters is 1.